The van der Waals surface area contributed by atoms with E-state index in [1.165, 1.54) is 0 Å². The molecule has 1 aliphatic rings. The van der Waals surface area contributed by atoms with Gasteiger partial charge in [-0.3, -0.25) is 0 Å². The van der Waals surface area contributed by atoms with Crippen molar-refractivity contribution in [2.75, 3.05) is 6.61 Å². The summed E-state index contributed by atoms with van der Waals surface area (Å²) in [6.07, 6.45) is 1.64. The summed E-state index contributed by atoms with van der Waals surface area (Å²) in [5.41, 5.74) is 6.31. The summed E-state index contributed by atoms with van der Waals surface area (Å²) in [6, 6.07) is 3.60. The molecule has 1 fully saturated rings. The van der Waals surface area contributed by atoms with Gasteiger partial charge in [-0.05, 0) is 6.07 Å². The Kier molecular flexibility index (Phi) is 2.82. The minimum atomic E-state index is -0.537. The molecule has 1 unspecified atom stereocenters. The van der Waals surface area contributed by atoms with Gasteiger partial charge in [-0.25, -0.2) is 9.78 Å². The second kappa shape index (κ2) is 4.27. The Bertz CT molecular complexity index is 367. The van der Waals surface area contributed by atoms with Crippen LogP contribution in [-0.4, -0.2) is 23.7 Å². The van der Waals surface area contributed by atoms with E-state index in [4.69, 9.17) is 15.2 Å². The highest BCUT2D eigenvalue weighted by Gasteiger charge is 2.29. The highest BCUT2D eigenvalue weighted by atomic mass is 16.6. The molecule has 1 aromatic rings. The molecule has 5 heteroatoms. The van der Waals surface area contributed by atoms with Crippen LogP contribution in [0.1, 0.15) is 12.0 Å². The molecule has 5 nitrogen and oxygen atoms in total. The number of rotatable bonds is 3. The van der Waals surface area contributed by atoms with Crippen molar-refractivity contribution in [2.45, 2.75) is 19.1 Å². The summed E-state index contributed by atoms with van der Waals surface area (Å²) >= 11 is 0. The fraction of sp³-hybridized carbons (Fsp3) is 0.400. The van der Waals surface area contributed by atoms with Gasteiger partial charge in [0.1, 0.15) is 0 Å². The van der Waals surface area contributed by atoms with Crippen LogP contribution < -0.4 is 10.5 Å². The van der Waals surface area contributed by atoms with Crippen molar-refractivity contribution in [2.24, 2.45) is 5.73 Å². The van der Waals surface area contributed by atoms with Crippen LogP contribution in [0.4, 0.5) is 0 Å². The van der Waals surface area contributed by atoms with Gasteiger partial charge in [0.15, 0.2) is 0 Å². The maximum Gasteiger partial charge on any atom is 0.347 e. The van der Waals surface area contributed by atoms with E-state index >= 15 is 0 Å². The van der Waals surface area contributed by atoms with Crippen molar-refractivity contribution < 1.29 is 14.3 Å². The second-order valence-corrected chi connectivity index (χ2v) is 3.23. The number of aromatic nitrogens is 1. The number of hydrogen-bond acceptors (Lipinski definition) is 5. The SMILES string of the molecule is NCc1cccnc1OC1CCOC1=O. The number of nitrogens with zero attached hydrogens (tertiary/aromatic N) is 1. The van der Waals surface area contributed by atoms with Gasteiger partial charge < -0.3 is 15.2 Å². The number of hydrogen-bond donors (Lipinski definition) is 1. The molecule has 0 radical (unpaired) electrons. The number of esters is 1. The molecule has 0 aromatic carbocycles. The van der Waals surface area contributed by atoms with Gasteiger partial charge in [-0.2, -0.15) is 0 Å². The third-order valence-corrected chi connectivity index (χ3v) is 2.21. The van der Waals surface area contributed by atoms with Crippen LogP contribution in [0, 0.1) is 0 Å². The zero-order chi connectivity index (χ0) is 10.7. The van der Waals surface area contributed by atoms with E-state index in [1.54, 1.807) is 12.3 Å². The van der Waals surface area contributed by atoms with Gasteiger partial charge in [0, 0.05) is 24.7 Å². The number of carbonyl (C=O) groups excluding carboxylic acids is 1. The lowest BCUT2D eigenvalue weighted by atomic mass is 10.2. The third kappa shape index (κ3) is 2.07. The van der Waals surface area contributed by atoms with Gasteiger partial charge in [0.2, 0.25) is 12.0 Å². The standard InChI is InChI=1S/C10H12N2O3/c11-6-7-2-1-4-12-9(7)15-8-3-5-14-10(8)13/h1-2,4,8H,3,5-6,11H2. The van der Waals surface area contributed by atoms with Crippen LogP contribution in [0.3, 0.4) is 0 Å². The molecule has 80 valence electrons. The largest absolute Gasteiger partial charge is 0.463 e. The Labute approximate surface area is 87.2 Å². The number of cyclic esters (lactones) is 1. The van der Waals surface area contributed by atoms with E-state index < -0.39 is 6.10 Å². The first-order valence-corrected chi connectivity index (χ1v) is 4.78. The normalized spacial score (nSPS) is 20.1. The molecule has 2 rings (SSSR count). The Morgan fingerprint density at radius 1 is 1.67 bits per heavy atom. The molecular formula is C10H12N2O3. The number of carbonyl (C=O) groups is 1. The molecule has 2 heterocycles. The summed E-state index contributed by atoms with van der Waals surface area (Å²) in [5, 5.41) is 0. The minimum absolute atomic E-state index is 0.330. The highest BCUT2D eigenvalue weighted by Crippen LogP contribution is 2.19. The highest BCUT2D eigenvalue weighted by molar-refractivity contribution is 5.76. The summed E-state index contributed by atoms with van der Waals surface area (Å²) < 4.78 is 10.2. The Morgan fingerprint density at radius 2 is 2.53 bits per heavy atom. The Morgan fingerprint density at radius 3 is 3.20 bits per heavy atom. The summed E-state index contributed by atoms with van der Waals surface area (Å²) in [7, 11) is 0. The van der Waals surface area contributed by atoms with E-state index in [0.29, 0.717) is 25.5 Å². The lowest BCUT2D eigenvalue weighted by Crippen LogP contribution is -2.23. The fourth-order valence-corrected chi connectivity index (χ4v) is 1.40. The molecule has 0 bridgehead atoms. The zero-order valence-electron chi connectivity index (χ0n) is 8.18. The fourth-order valence-electron chi connectivity index (χ4n) is 1.40. The molecule has 1 atom stereocenters. The summed E-state index contributed by atoms with van der Waals surface area (Å²) in [5.74, 6) is 0.0903. The van der Waals surface area contributed by atoms with Crippen molar-refractivity contribution in [3.8, 4) is 5.88 Å². The predicted octanol–water partition coefficient (Wildman–Crippen LogP) is 0.235. The van der Waals surface area contributed by atoms with Crippen molar-refractivity contribution in [1.29, 1.82) is 0 Å². The molecule has 0 aliphatic carbocycles. The van der Waals surface area contributed by atoms with Crippen LogP contribution in [0.5, 0.6) is 5.88 Å². The van der Waals surface area contributed by atoms with Crippen molar-refractivity contribution in [1.82, 2.24) is 4.98 Å². The van der Waals surface area contributed by atoms with Gasteiger partial charge in [-0.1, -0.05) is 6.07 Å². The molecule has 0 amide bonds. The van der Waals surface area contributed by atoms with Crippen LogP contribution in [0.15, 0.2) is 18.3 Å². The third-order valence-electron chi connectivity index (χ3n) is 2.21. The Balaban J connectivity index is 2.12. The van der Waals surface area contributed by atoms with Crippen LogP contribution >= 0.6 is 0 Å². The number of nitrogens with two attached hydrogens (primary N) is 1. The lowest BCUT2D eigenvalue weighted by Gasteiger charge is -2.11. The predicted molar refractivity (Wildman–Crippen MR) is 52.1 cm³/mol. The van der Waals surface area contributed by atoms with E-state index in [-0.39, 0.29) is 5.97 Å². The minimum Gasteiger partial charge on any atom is -0.463 e. The first-order chi connectivity index (χ1) is 7.31. The quantitative estimate of drug-likeness (QED) is 0.720. The van der Waals surface area contributed by atoms with Crippen molar-refractivity contribution >= 4 is 5.97 Å². The second-order valence-electron chi connectivity index (χ2n) is 3.23. The maximum atomic E-state index is 11.2. The molecule has 15 heavy (non-hydrogen) atoms. The first-order valence-electron chi connectivity index (χ1n) is 4.78. The van der Waals surface area contributed by atoms with Crippen LogP contribution in [0.2, 0.25) is 0 Å². The van der Waals surface area contributed by atoms with E-state index in [2.05, 4.69) is 4.98 Å². The molecule has 1 aromatic heterocycles. The van der Waals surface area contributed by atoms with Crippen LogP contribution in [-0.2, 0) is 16.1 Å². The van der Waals surface area contributed by atoms with Crippen molar-refractivity contribution in [3.05, 3.63) is 23.9 Å². The number of pyridine rings is 1. The van der Waals surface area contributed by atoms with Gasteiger partial charge in [0.05, 0.1) is 6.61 Å². The van der Waals surface area contributed by atoms with Crippen LogP contribution in [0.25, 0.3) is 0 Å². The van der Waals surface area contributed by atoms with E-state index in [0.717, 1.165) is 5.56 Å². The monoisotopic (exact) mass is 208 g/mol. The van der Waals surface area contributed by atoms with Gasteiger partial charge >= 0.3 is 5.97 Å². The van der Waals surface area contributed by atoms with E-state index in [1.807, 2.05) is 6.07 Å². The average molecular weight is 208 g/mol. The zero-order valence-corrected chi connectivity index (χ0v) is 8.18. The van der Waals surface area contributed by atoms with Gasteiger partial charge in [0.25, 0.3) is 0 Å². The van der Waals surface area contributed by atoms with E-state index in [9.17, 15) is 4.79 Å². The van der Waals surface area contributed by atoms with Crippen molar-refractivity contribution in [3.63, 3.8) is 0 Å². The topological polar surface area (TPSA) is 74.4 Å². The molecule has 1 saturated heterocycles. The molecule has 0 saturated carbocycles. The maximum absolute atomic E-state index is 11.2. The average Bonchev–Trinajstić information content (AvgIpc) is 2.65. The smallest absolute Gasteiger partial charge is 0.347 e. The Hall–Kier alpha value is -1.62. The first kappa shape index (κ1) is 9.92. The molecular weight excluding hydrogens is 196 g/mol. The molecule has 2 N–H and O–H groups in total. The number of ether oxygens (including phenoxy) is 2. The van der Waals surface area contributed by atoms with Gasteiger partial charge in [-0.15, -0.1) is 0 Å². The molecule has 1 aliphatic heterocycles. The summed E-state index contributed by atoms with van der Waals surface area (Å²) in [6.45, 7) is 0.749. The molecule has 0 spiro atoms. The summed E-state index contributed by atoms with van der Waals surface area (Å²) in [4.78, 5) is 15.2. The lowest BCUT2D eigenvalue weighted by molar-refractivity contribution is -0.143.